The van der Waals surface area contributed by atoms with Crippen LogP contribution in [0, 0.1) is 19.3 Å². The predicted octanol–water partition coefficient (Wildman–Crippen LogP) is 8.66. The van der Waals surface area contributed by atoms with Crippen LogP contribution in [0.4, 0.5) is 23.1 Å². The van der Waals surface area contributed by atoms with E-state index in [0.717, 1.165) is 45.7 Å². The summed E-state index contributed by atoms with van der Waals surface area (Å²) < 4.78 is 44.0. The first-order valence-corrected chi connectivity index (χ1v) is 30.0. The summed E-state index contributed by atoms with van der Waals surface area (Å²) in [7, 11) is -3.61. The second kappa shape index (κ2) is 27.5. The second-order valence-electron chi connectivity index (χ2n) is 21.9. The number of anilines is 4. The van der Waals surface area contributed by atoms with Crippen molar-refractivity contribution in [1.29, 1.82) is 0 Å². The average molecular weight is 1160 g/mol. The number of β-amino-alcohol motifs (C(OH)–C–C–N with tert-alkyl or cyclic N) is 1. The highest BCUT2D eigenvalue weighted by molar-refractivity contribution is 7.92. The third-order valence-electron chi connectivity index (χ3n) is 14.1. The summed E-state index contributed by atoms with van der Waals surface area (Å²) in [6.07, 6.45) is 2.23. The maximum absolute atomic E-state index is 14.0. The van der Waals surface area contributed by atoms with Crippen molar-refractivity contribution in [3.8, 4) is 16.2 Å². The van der Waals surface area contributed by atoms with E-state index in [1.165, 1.54) is 11.1 Å². The van der Waals surface area contributed by atoms with Crippen molar-refractivity contribution in [3.05, 3.63) is 99.8 Å². The third-order valence-corrected chi connectivity index (χ3v) is 17.6. The number of benzene rings is 3. The molecule has 0 unspecified atom stereocenters. The van der Waals surface area contributed by atoms with Gasteiger partial charge in [-0.2, -0.15) is 4.98 Å². The minimum absolute atomic E-state index is 0.00509. The standard InChI is InChI=1S/C58H76ClN9O10S2/c1-35(2)78-48-30-43(37(5)28-46(48)64-57-61-32-44(59)54(66-57)63-45-12-10-11-13-49(45)80(74,75)36(3)4)40-18-22-67(23-19-40)51(71)21-25-77-27-26-76-24-20-50(70)65-53(58(7,8)9)56(73)68-33-42(69)29-47(68)55(72)60-31-39-14-16-41(17-15-39)52-38(6)62-34-79-52/h10-17,28,30,32,34-36,40,42,47,53,69H,18-27,29,31,33H2,1-9H3,(H,60,72)(H,65,70)(H2,61,63,64,66)/t42-,47+,53-/m1/s1. The van der Waals surface area contributed by atoms with Crippen molar-refractivity contribution in [2.24, 2.45) is 5.41 Å². The van der Waals surface area contributed by atoms with Crippen molar-refractivity contribution in [2.45, 2.75) is 141 Å². The molecule has 80 heavy (non-hydrogen) atoms. The fourth-order valence-corrected chi connectivity index (χ4v) is 11.8. The number of hydrogen-bond acceptors (Lipinski definition) is 16. The molecular weight excluding hydrogens is 1080 g/mol. The van der Waals surface area contributed by atoms with Crippen molar-refractivity contribution < 1.29 is 46.9 Å². The second-order valence-corrected chi connectivity index (χ2v) is 25.7. The molecular formula is C58H76ClN9O10S2. The van der Waals surface area contributed by atoms with Crippen LogP contribution in [-0.4, -0.2) is 138 Å². The zero-order chi connectivity index (χ0) is 57.9. The molecule has 19 nitrogen and oxygen atoms in total. The normalized spacial score (nSPS) is 16.5. The lowest BCUT2D eigenvalue weighted by Gasteiger charge is -2.35. The Hall–Kier alpha value is -6.23. The Labute approximate surface area is 478 Å². The number of likely N-dealkylation sites (tertiary alicyclic amines) is 2. The molecule has 2 fully saturated rings. The molecule has 5 N–H and O–H groups in total. The highest BCUT2D eigenvalue weighted by Gasteiger charge is 2.44. The lowest BCUT2D eigenvalue weighted by atomic mass is 9.85. The lowest BCUT2D eigenvalue weighted by molar-refractivity contribution is -0.144. The highest BCUT2D eigenvalue weighted by Crippen LogP contribution is 2.39. The highest BCUT2D eigenvalue weighted by atomic mass is 35.5. The first-order chi connectivity index (χ1) is 38.0. The van der Waals surface area contributed by atoms with Crippen molar-refractivity contribution in [1.82, 2.24) is 35.4 Å². The number of hydrogen-bond donors (Lipinski definition) is 5. The van der Waals surface area contributed by atoms with E-state index in [4.69, 9.17) is 25.8 Å². The van der Waals surface area contributed by atoms with Gasteiger partial charge in [-0.1, -0.05) is 68.8 Å². The largest absolute Gasteiger partial charge is 0.489 e. The Kier molecular flexibility index (Phi) is 21.1. The molecule has 432 valence electrons. The summed E-state index contributed by atoms with van der Waals surface area (Å²) >= 11 is 8.09. The topological polar surface area (TPSA) is 244 Å². The van der Waals surface area contributed by atoms with Gasteiger partial charge in [-0.15, -0.1) is 11.3 Å². The van der Waals surface area contributed by atoms with Gasteiger partial charge in [-0.3, -0.25) is 19.2 Å². The molecule has 2 aromatic heterocycles. The van der Waals surface area contributed by atoms with Crippen LogP contribution in [0.3, 0.4) is 0 Å². The number of halogens is 1. The third kappa shape index (κ3) is 16.0. The molecule has 3 aromatic carbocycles. The maximum atomic E-state index is 14.0. The Bertz CT molecular complexity index is 3070. The smallest absolute Gasteiger partial charge is 0.246 e. The van der Waals surface area contributed by atoms with Gasteiger partial charge in [0.05, 0.1) is 88.9 Å². The zero-order valence-electron chi connectivity index (χ0n) is 47.1. The monoisotopic (exact) mass is 1160 g/mol. The van der Waals surface area contributed by atoms with Crippen LogP contribution in [0.2, 0.25) is 5.02 Å². The van der Waals surface area contributed by atoms with Crippen molar-refractivity contribution in [3.63, 3.8) is 0 Å². The Morgan fingerprint density at radius 2 is 1.57 bits per heavy atom. The molecule has 22 heteroatoms. The Morgan fingerprint density at radius 3 is 2.23 bits per heavy atom. The number of rotatable bonds is 24. The molecule has 0 bridgehead atoms. The van der Waals surface area contributed by atoms with Gasteiger partial charge >= 0.3 is 0 Å². The van der Waals surface area contributed by atoms with Crippen LogP contribution >= 0.6 is 22.9 Å². The van der Waals surface area contributed by atoms with E-state index in [1.807, 2.05) is 95.3 Å². The lowest BCUT2D eigenvalue weighted by Crippen LogP contribution is -2.57. The van der Waals surface area contributed by atoms with Crippen molar-refractivity contribution >= 4 is 79.5 Å². The van der Waals surface area contributed by atoms with Crippen LogP contribution in [-0.2, 0) is 45.0 Å². The van der Waals surface area contributed by atoms with E-state index in [1.54, 1.807) is 49.4 Å². The van der Waals surface area contributed by atoms with Gasteiger partial charge in [0, 0.05) is 39.0 Å². The van der Waals surface area contributed by atoms with Gasteiger partial charge in [0.15, 0.2) is 15.7 Å². The Morgan fingerprint density at radius 1 is 0.887 bits per heavy atom. The molecule has 2 saturated heterocycles. The zero-order valence-corrected chi connectivity index (χ0v) is 49.5. The summed E-state index contributed by atoms with van der Waals surface area (Å²) in [5, 5.41) is 22.4. The van der Waals surface area contributed by atoms with E-state index in [0.29, 0.717) is 30.2 Å². The number of sulfone groups is 1. The Balaban J connectivity index is 0.820. The van der Waals surface area contributed by atoms with Gasteiger partial charge in [-0.25, -0.2) is 18.4 Å². The van der Waals surface area contributed by atoms with Crippen LogP contribution < -0.4 is 26.0 Å². The first kappa shape index (κ1) is 61.4. The number of piperidine rings is 1. The van der Waals surface area contributed by atoms with Crippen molar-refractivity contribution in [2.75, 3.05) is 56.7 Å². The number of carbonyl (C=O) groups is 4. The number of para-hydroxylation sites is 1. The van der Waals surface area contributed by atoms with Gasteiger partial charge < -0.3 is 50.4 Å². The number of nitrogens with zero attached hydrogens (tertiary/aromatic N) is 5. The fraction of sp³-hybridized carbons (Fsp3) is 0.500. The predicted molar refractivity (Wildman–Crippen MR) is 310 cm³/mol. The summed E-state index contributed by atoms with van der Waals surface area (Å²) in [4.78, 5) is 71.8. The molecule has 0 spiro atoms. The van der Waals surface area contributed by atoms with E-state index < -0.39 is 50.5 Å². The molecule has 5 aromatic rings. The molecule has 0 aliphatic carbocycles. The SMILES string of the molecule is Cc1cc(Nc2ncc(Cl)c(Nc3ccccc3S(=O)(=O)C(C)C)n2)c(OC(C)C)cc1C1CCN(C(=O)CCOCCOCCC(=O)N[C@H](C(=O)N2C[C@H](O)C[C@H]2C(=O)NCc2ccc(-c3scnc3C)cc2)C(C)(C)C)CC1. The molecule has 0 radical (unpaired) electrons. The van der Waals surface area contributed by atoms with Crippen LogP contribution in [0.5, 0.6) is 5.75 Å². The number of aromatic nitrogens is 3. The summed E-state index contributed by atoms with van der Waals surface area (Å²) in [6.45, 7) is 18.8. The molecule has 0 saturated carbocycles. The summed E-state index contributed by atoms with van der Waals surface area (Å²) in [5.41, 5.74) is 7.13. The number of aliphatic hydroxyl groups excluding tert-OH is 1. The van der Waals surface area contributed by atoms with Crippen LogP contribution in [0.1, 0.15) is 109 Å². The van der Waals surface area contributed by atoms with E-state index in [9.17, 15) is 32.7 Å². The van der Waals surface area contributed by atoms with Gasteiger partial charge in [-0.05, 0) is 112 Å². The number of nitrogens with one attached hydrogen (secondary N) is 4. The molecule has 4 heterocycles. The molecule has 3 atom stereocenters. The van der Waals surface area contributed by atoms with Crippen LogP contribution in [0.25, 0.3) is 10.4 Å². The number of aliphatic hydroxyl groups is 1. The molecule has 4 amide bonds. The van der Waals surface area contributed by atoms with E-state index >= 15 is 0 Å². The first-order valence-electron chi connectivity index (χ1n) is 27.2. The molecule has 2 aliphatic rings. The molecule has 2 aliphatic heterocycles. The van der Waals surface area contributed by atoms with Gasteiger partial charge in [0.2, 0.25) is 29.6 Å². The minimum Gasteiger partial charge on any atom is -0.489 e. The maximum Gasteiger partial charge on any atom is 0.246 e. The van der Waals surface area contributed by atoms with E-state index in [2.05, 4.69) is 36.2 Å². The van der Waals surface area contributed by atoms with Gasteiger partial charge in [0.25, 0.3) is 0 Å². The number of thiazole rings is 1. The molecule has 7 rings (SSSR count). The fourth-order valence-electron chi connectivity index (χ4n) is 9.69. The summed E-state index contributed by atoms with van der Waals surface area (Å²) in [6, 6.07) is 16.6. The van der Waals surface area contributed by atoms with Crippen LogP contribution in [0.15, 0.2) is 77.3 Å². The number of amides is 4. The van der Waals surface area contributed by atoms with E-state index in [-0.39, 0.29) is 104 Å². The summed E-state index contributed by atoms with van der Waals surface area (Å²) in [5.74, 6) is 0.0456. The number of carbonyl (C=O) groups excluding carboxylic acids is 4. The number of ether oxygens (including phenoxy) is 3. The van der Waals surface area contributed by atoms with Gasteiger partial charge in [0.1, 0.15) is 22.9 Å². The number of aryl methyl sites for hydroxylation is 2. The average Bonchev–Trinajstić information content (AvgIpc) is 4.04. The minimum atomic E-state index is -3.61. The quantitative estimate of drug-likeness (QED) is 0.0363.